The van der Waals surface area contributed by atoms with E-state index in [2.05, 4.69) is 0 Å². The molecule has 0 aliphatic carbocycles. The standard InChI is InChI=1S/C11H13ClN2O3/c12-9-3-1-8(2-4-9)5-14(6-10(13)15)7-11(16)17/h1-4H,5-7H2,(H2,13,15)(H,16,17). The number of rotatable bonds is 6. The molecule has 92 valence electrons. The van der Waals surface area contributed by atoms with Crippen molar-refractivity contribution in [1.29, 1.82) is 0 Å². The van der Waals surface area contributed by atoms with E-state index in [1.165, 1.54) is 4.90 Å². The van der Waals surface area contributed by atoms with Crippen molar-refractivity contribution in [2.45, 2.75) is 6.54 Å². The number of carboxylic acids is 1. The van der Waals surface area contributed by atoms with Gasteiger partial charge < -0.3 is 10.8 Å². The van der Waals surface area contributed by atoms with E-state index in [0.29, 0.717) is 11.6 Å². The van der Waals surface area contributed by atoms with Gasteiger partial charge in [-0.05, 0) is 17.7 Å². The summed E-state index contributed by atoms with van der Waals surface area (Å²) in [4.78, 5) is 22.9. The van der Waals surface area contributed by atoms with E-state index < -0.39 is 11.9 Å². The molecule has 0 aliphatic heterocycles. The van der Waals surface area contributed by atoms with Crippen LogP contribution in [0.2, 0.25) is 5.02 Å². The smallest absolute Gasteiger partial charge is 0.317 e. The molecule has 6 heteroatoms. The van der Waals surface area contributed by atoms with Gasteiger partial charge >= 0.3 is 5.97 Å². The number of hydrogen-bond donors (Lipinski definition) is 2. The van der Waals surface area contributed by atoms with Gasteiger partial charge in [0.15, 0.2) is 0 Å². The number of nitrogens with two attached hydrogens (primary N) is 1. The second kappa shape index (κ2) is 6.22. The van der Waals surface area contributed by atoms with E-state index in [-0.39, 0.29) is 13.1 Å². The first kappa shape index (κ1) is 13.5. The minimum absolute atomic E-state index is 0.0884. The Labute approximate surface area is 104 Å². The SMILES string of the molecule is NC(=O)CN(CC(=O)O)Cc1ccc(Cl)cc1. The van der Waals surface area contributed by atoms with Gasteiger partial charge in [-0.2, -0.15) is 0 Å². The third kappa shape index (κ3) is 5.33. The summed E-state index contributed by atoms with van der Waals surface area (Å²) in [7, 11) is 0. The first-order valence-electron chi connectivity index (χ1n) is 4.94. The molecular weight excluding hydrogens is 244 g/mol. The Kier molecular flexibility index (Phi) is 4.93. The van der Waals surface area contributed by atoms with Crippen LogP contribution in [0.5, 0.6) is 0 Å². The van der Waals surface area contributed by atoms with E-state index in [1.54, 1.807) is 24.3 Å². The van der Waals surface area contributed by atoms with Gasteiger partial charge in [-0.15, -0.1) is 0 Å². The number of halogens is 1. The summed E-state index contributed by atoms with van der Waals surface area (Å²) in [6.45, 7) is 0.0207. The van der Waals surface area contributed by atoms with Gasteiger partial charge in [-0.25, -0.2) is 0 Å². The summed E-state index contributed by atoms with van der Waals surface area (Å²) in [6.07, 6.45) is 0. The molecule has 0 aromatic heterocycles. The van der Waals surface area contributed by atoms with E-state index in [1.807, 2.05) is 0 Å². The number of carboxylic acid groups (broad SMARTS) is 1. The van der Waals surface area contributed by atoms with Crippen molar-refractivity contribution in [3.8, 4) is 0 Å². The number of benzene rings is 1. The quantitative estimate of drug-likeness (QED) is 0.785. The average molecular weight is 257 g/mol. The minimum Gasteiger partial charge on any atom is -0.480 e. The van der Waals surface area contributed by atoms with Crippen molar-refractivity contribution in [2.75, 3.05) is 13.1 Å². The van der Waals surface area contributed by atoms with Crippen LogP contribution >= 0.6 is 11.6 Å². The number of nitrogens with zero attached hydrogens (tertiary/aromatic N) is 1. The van der Waals surface area contributed by atoms with E-state index in [9.17, 15) is 9.59 Å². The molecule has 0 radical (unpaired) electrons. The second-order valence-corrected chi connectivity index (χ2v) is 4.07. The summed E-state index contributed by atoms with van der Waals surface area (Å²) in [5, 5.41) is 9.31. The normalized spacial score (nSPS) is 10.5. The van der Waals surface area contributed by atoms with Crippen LogP contribution in [0.15, 0.2) is 24.3 Å². The van der Waals surface area contributed by atoms with Crippen molar-refractivity contribution in [2.24, 2.45) is 5.73 Å². The third-order valence-electron chi connectivity index (χ3n) is 2.06. The highest BCUT2D eigenvalue weighted by Crippen LogP contribution is 2.11. The molecule has 1 amide bonds. The van der Waals surface area contributed by atoms with Gasteiger partial charge in [0.1, 0.15) is 0 Å². The van der Waals surface area contributed by atoms with Crippen molar-refractivity contribution >= 4 is 23.5 Å². The van der Waals surface area contributed by atoms with Crippen molar-refractivity contribution in [3.05, 3.63) is 34.9 Å². The number of hydrogen-bond acceptors (Lipinski definition) is 3. The van der Waals surface area contributed by atoms with Crippen LogP contribution in [0.4, 0.5) is 0 Å². The average Bonchev–Trinajstić information content (AvgIpc) is 2.19. The number of primary amides is 1. The maximum Gasteiger partial charge on any atom is 0.317 e. The van der Waals surface area contributed by atoms with E-state index >= 15 is 0 Å². The highest BCUT2D eigenvalue weighted by molar-refractivity contribution is 6.30. The van der Waals surface area contributed by atoms with Crippen LogP contribution in [0.3, 0.4) is 0 Å². The van der Waals surface area contributed by atoms with Crippen LogP contribution < -0.4 is 5.73 Å². The Morgan fingerprint density at radius 1 is 1.24 bits per heavy atom. The monoisotopic (exact) mass is 256 g/mol. The Morgan fingerprint density at radius 3 is 2.29 bits per heavy atom. The van der Waals surface area contributed by atoms with Gasteiger partial charge in [0, 0.05) is 11.6 Å². The lowest BCUT2D eigenvalue weighted by Gasteiger charge is -2.18. The molecule has 0 atom stereocenters. The zero-order chi connectivity index (χ0) is 12.8. The zero-order valence-electron chi connectivity index (χ0n) is 9.10. The Hall–Kier alpha value is -1.59. The van der Waals surface area contributed by atoms with Crippen LogP contribution in [0.25, 0.3) is 0 Å². The predicted octanol–water partition coefficient (Wildman–Crippen LogP) is 0.712. The topological polar surface area (TPSA) is 83.6 Å². The number of carbonyl (C=O) groups is 2. The molecule has 0 heterocycles. The van der Waals surface area contributed by atoms with Crippen LogP contribution in [-0.4, -0.2) is 35.0 Å². The molecule has 0 saturated carbocycles. The highest BCUT2D eigenvalue weighted by Gasteiger charge is 2.12. The molecule has 1 aromatic rings. The molecule has 5 nitrogen and oxygen atoms in total. The molecule has 0 fully saturated rings. The molecule has 0 spiro atoms. The van der Waals surface area contributed by atoms with Gasteiger partial charge in [-0.1, -0.05) is 23.7 Å². The number of aliphatic carboxylic acids is 1. The fraction of sp³-hybridized carbons (Fsp3) is 0.273. The fourth-order valence-corrected chi connectivity index (χ4v) is 1.55. The maximum absolute atomic E-state index is 10.8. The van der Waals surface area contributed by atoms with Gasteiger partial charge in [-0.3, -0.25) is 14.5 Å². The molecule has 0 aliphatic rings. The summed E-state index contributed by atoms with van der Waals surface area (Å²) < 4.78 is 0. The number of amides is 1. The second-order valence-electron chi connectivity index (χ2n) is 3.63. The molecule has 0 unspecified atom stereocenters. The first-order valence-corrected chi connectivity index (χ1v) is 5.32. The molecule has 0 bridgehead atoms. The zero-order valence-corrected chi connectivity index (χ0v) is 9.85. The molecule has 0 saturated heterocycles. The molecule has 3 N–H and O–H groups in total. The largest absolute Gasteiger partial charge is 0.480 e. The third-order valence-corrected chi connectivity index (χ3v) is 2.31. The highest BCUT2D eigenvalue weighted by atomic mass is 35.5. The van der Waals surface area contributed by atoms with Crippen LogP contribution in [-0.2, 0) is 16.1 Å². The lowest BCUT2D eigenvalue weighted by atomic mass is 10.2. The Bertz CT molecular complexity index is 390. The molecule has 17 heavy (non-hydrogen) atoms. The van der Waals surface area contributed by atoms with Crippen LogP contribution in [0.1, 0.15) is 5.56 Å². The van der Waals surface area contributed by atoms with Gasteiger partial charge in [0.25, 0.3) is 0 Å². The van der Waals surface area contributed by atoms with Crippen molar-refractivity contribution in [1.82, 2.24) is 4.90 Å². The Balaban J connectivity index is 2.67. The summed E-state index contributed by atoms with van der Waals surface area (Å²) in [5.41, 5.74) is 5.92. The summed E-state index contributed by atoms with van der Waals surface area (Å²) >= 11 is 5.74. The fourth-order valence-electron chi connectivity index (χ4n) is 1.43. The van der Waals surface area contributed by atoms with Crippen molar-refractivity contribution in [3.63, 3.8) is 0 Å². The Morgan fingerprint density at radius 2 is 1.82 bits per heavy atom. The first-order chi connectivity index (χ1) is 7.97. The molecule has 1 rings (SSSR count). The number of carbonyl (C=O) groups excluding carboxylic acids is 1. The molecule has 1 aromatic carbocycles. The minimum atomic E-state index is -1.000. The van der Waals surface area contributed by atoms with Gasteiger partial charge in [0.05, 0.1) is 13.1 Å². The van der Waals surface area contributed by atoms with E-state index in [4.69, 9.17) is 22.4 Å². The summed E-state index contributed by atoms with van der Waals surface area (Å²) in [6, 6.07) is 6.97. The van der Waals surface area contributed by atoms with Crippen LogP contribution in [0, 0.1) is 0 Å². The lowest BCUT2D eigenvalue weighted by Crippen LogP contribution is -2.36. The van der Waals surface area contributed by atoms with E-state index in [0.717, 1.165) is 5.56 Å². The maximum atomic E-state index is 10.8. The van der Waals surface area contributed by atoms with Gasteiger partial charge in [0.2, 0.25) is 5.91 Å². The summed E-state index contributed by atoms with van der Waals surface area (Å²) in [5.74, 6) is -1.56. The lowest BCUT2D eigenvalue weighted by molar-refractivity contribution is -0.138. The molecular formula is C11H13ClN2O3. The van der Waals surface area contributed by atoms with Crippen molar-refractivity contribution < 1.29 is 14.7 Å². The predicted molar refractivity (Wildman–Crippen MR) is 63.6 cm³/mol.